The van der Waals surface area contributed by atoms with Crippen molar-refractivity contribution in [1.29, 1.82) is 0 Å². The van der Waals surface area contributed by atoms with Crippen LogP contribution in [0.2, 0.25) is 0 Å². The first kappa shape index (κ1) is 19.2. The predicted molar refractivity (Wildman–Crippen MR) is 108 cm³/mol. The maximum atomic E-state index is 10.9. The summed E-state index contributed by atoms with van der Waals surface area (Å²) in [5.74, 6) is 0.116. The largest absolute Gasteiger partial charge is 0.481 e. The summed E-state index contributed by atoms with van der Waals surface area (Å²) in [6.45, 7) is 5.97. The molecule has 4 N–H and O–H groups in total. The lowest BCUT2D eigenvalue weighted by Gasteiger charge is -2.33. The minimum Gasteiger partial charge on any atom is -0.481 e. The van der Waals surface area contributed by atoms with Crippen LogP contribution in [0.5, 0.6) is 0 Å². The van der Waals surface area contributed by atoms with Crippen LogP contribution in [0.15, 0.2) is 36.5 Å². The highest BCUT2D eigenvalue weighted by molar-refractivity contribution is 5.70. The van der Waals surface area contributed by atoms with Crippen molar-refractivity contribution in [3.63, 3.8) is 0 Å². The van der Waals surface area contributed by atoms with Gasteiger partial charge in [0, 0.05) is 18.8 Å². The topological polar surface area (TPSA) is 86.3 Å². The molecular weight excluding hydrogens is 340 g/mol. The summed E-state index contributed by atoms with van der Waals surface area (Å²) >= 11 is 0. The summed E-state index contributed by atoms with van der Waals surface area (Å²) in [4.78, 5) is 15.3. The fourth-order valence-electron chi connectivity index (χ4n) is 3.59. The van der Waals surface area contributed by atoms with Gasteiger partial charge in [-0.25, -0.2) is 4.98 Å². The summed E-state index contributed by atoms with van der Waals surface area (Å²) in [6, 6.07) is 10.5. The summed E-state index contributed by atoms with van der Waals surface area (Å²) in [6.07, 6.45) is 3.77. The number of hydrogen-bond acceptors (Lipinski definition) is 5. The molecule has 0 saturated carbocycles. The van der Waals surface area contributed by atoms with Crippen molar-refractivity contribution in [3.05, 3.63) is 53.2 Å². The Labute approximate surface area is 160 Å². The summed E-state index contributed by atoms with van der Waals surface area (Å²) in [5.41, 5.74) is 4.32. The van der Waals surface area contributed by atoms with E-state index in [2.05, 4.69) is 34.8 Å². The minimum absolute atomic E-state index is 0.0718. The van der Waals surface area contributed by atoms with Crippen molar-refractivity contribution in [2.75, 3.05) is 23.7 Å². The molecule has 0 saturated heterocycles. The number of hydrogen-bond donors (Lipinski definition) is 4. The highest BCUT2D eigenvalue weighted by Crippen LogP contribution is 2.24. The van der Waals surface area contributed by atoms with Crippen LogP contribution in [0.25, 0.3) is 0 Å². The number of rotatable bonds is 8. The van der Waals surface area contributed by atoms with Crippen LogP contribution < -0.4 is 16.0 Å². The van der Waals surface area contributed by atoms with Crippen LogP contribution in [-0.2, 0) is 17.6 Å². The van der Waals surface area contributed by atoms with E-state index in [0.29, 0.717) is 6.04 Å². The molecule has 0 amide bonds. The first-order valence-corrected chi connectivity index (χ1v) is 9.55. The molecule has 1 aromatic carbocycles. The van der Waals surface area contributed by atoms with Crippen molar-refractivity contribution >= 4 is 17.5 Å². The first-order valence-electron chi connectivity index (χ1n) is 9.55. The van der Waals surface area contributed by atoms with Crippen LogP contribution in [0, 0.1) is 6.92 Å². The van der Waals surface area contributed by atoms with Crippen molar-refractivity contribution < 1.29 is 9.90 Å². The number of carboxylic acid groups (broad SMARTS) is 1. The van der Waals surface area contributed by atoms with Gasteiger partial charge in [0.2, 0.25) is 0 Å². The van der Waals surface area contributed by atoms with E-state index in [1.165, 1.54) is 11.1 Å². The molecule has 1 aliphatic heterocycles. The number of fused-ring (bicyclic) bond motifs is 1. The minimum atomic E-state index is -0.793. The second-order valence-electron chi connectivity index (χ2n) is 7.08. The van der Waals surface area contributed by atoms with Gasteiger partial charge in [0.15, 0.2) is 0 Å². The Bertz CT molecular complexity index is 794. The van der Waals surface area contributed by atoms with Gasteiger partial charge in [0.1, 0.15) is 5.82 Å². The number of pyridine rings is 1. The molecule has 1 aromatic heterocycles. The lowest BCUT2D eigenvalue weighted by atomic mass is 9.99. The standard InChI is InChI=1S/C21H28N4O2/c1-3-17(19-13-24-18-5-4-9-23-21(18)25-19)22-10-8-16-11-15(12-20(26)27)7-6-14(16)2/h4-7,9,11,17,19,22,24H,3,8,10,12-13H2,1-2H3,(H,23,25)(H,26,27)/t17-,19-/m1/s1. The number of aliphatic carboxylic acids is 1. The Balaban J connectivity index is 1.57. The molecule has 0 spiro atoms. The molecule has 0 bridgehead atoms. The monoisotopic (exact) mass is 368 g/mol. The average Bonchev–Trinajstić information content (AvgIpc) is 2.67. The van der Waals surface area contributed by atoms with E-state index in [1.807, 2.05) is 30.3 Å². The number of nitrogens with one attached hydrogen (secondary N) is 3. The molecule has 2 aromatic rings. The molecular formula is C21H28N4O2. The Morgan fingerprint density at radius 2 is 2.26 bits per heavy atom. The fourth-order valence-corrected chi connectivity index (χ4v) is 3.59. The highest BCUT2D eigenvalue weighted by Gasteiger charge is 2.24. The van der Waals surface area contributed by atoms with E-state index >= 15 is 0 Å². The molecule has 27 heavy (non-hydrogen) atoms. The SMILES string of the molecule is CC[C@@H](NCCc1cc(CC(=O)O)ccc1C)[C@H]1CNc2cccnc2N1. The molecule has 2 heterocycles. The average molecular weight is 368 g/mol. The molecule has 3 rings (SSSR count). The Hall–Kier alpha value is -2.60. The molecule has 144 valence electrons. The number of benzene rings is 1. The second-order valence-corrected chi connectivity index (χ2v) is 7.08. The third kappa shape index (κ3) is 4.98. The van der Waals surface area contributed by atoms with Crippen LogP contribution >= 0.6 is 0 Å². The molecule has 6 heteroatoms. The quantitative estimate of drug-likeness (QED) is 0.573. The molecule has 0 unspecified atom stereocenters. The van der Waals surface area contributed by atoms with Crippen molar-refractivity contribution in [1.82, 2.24) is 10.3 Å². The summed E-state index contributed by atoms with van der Waals surface area (Å²) in [5, 5.41) is 19.6. The third-order valence-electron chi connectivity index (χ3n) is 5.14. The third-order valence-corrected chi connectivity index (χ3v) is 5.14. The lowest BCUT2D eigenvalue weighted by molar-refractivity contribution is -0.136. The number of anilines is 2. The fraction of sp³-hybridized carbons (Fsp3) is 0.429. The van der Waals surface area contributed by atoms with Crippen molar-refractivity contribution in [2.24, 2.45) is 0 Å². The number of carboxylic acids is 1. The normalized spacial score (nSPS) is 16.7. The molecule has 2 atom stereocenters. The zero-order valence-electron chi connectivity index (χ0n) is 16.0. The van der Waals surface area contributed by atoms with E-state index in [1.54, 1.807) is 6.20 Å². The number of nitrogens with zero attached hydrogens (tertiary/aromatic N) is 1. The number of aryl methyl sites for hydroxylation is 1. The van der Waals surface area contributed by atoms with E-state index in [0.717, 1.165) is 43.0 Å². The van der Waals surface area contributed by atoms with E-state index in [9.17, 15) is 4.79 Å². The van der Waals surface area contributed by atoms with Crippen LogP contribution in [0.4, 0.5) is 11.5 Å². The molecule has 0 radical (unpaired) electrons. The van der Waals surface area contributed by atoms with Gasteiger partial charge in [-0.1, -0.05) is 25.1 Å². The van der Waals surface area contributed by atoms with E-state index in [-0.39, 0.29) is 12.5 Å². The van der Waals surface area contributed by atoms with E-state index in [4.69, 9.17) is 5.11 Å². The smallest absolute Gasteiger partial charge is 0.307 e. The van der Waals surface area contributed by atoms with Gasteiger partial charge in [-0.3, -0.25) is 4.79 Å². The summed E-state index contributed by atoms with van der Waals surface area (Å²) < 4.78 is 0. The van der Waals surface area contributed by atoms with Crippen LogP contribution in [0.3, 0.4) is 0 Å². The maximum Gasteiger partial charge on any atom is 0.307 e. The van der Waals surface area contributed by atoms with Crippen LogP contribution in [0.1, 0.15) is 30.0 Å². The van der Waals surface area contributed by atoms with E-state index < -0.39 is 5.97 Å². The molecule has 0 fully saturated rings. The molecule has 0 aliphatic carbocycles. The number of aromatic nitrogens is 1. The second kappa shape index (κ2) is 8.86. The Kier molecular flexibility index (Phi) is 6.29. The van der Waals surface area contributed by atoms with Gasteiger partial charge >= 0.3 is 5.97 Å². The highest BCUT2D eigenvalue weighted by atomic mass is 16.4. The molecule has 1 aliphatic rings. The summed E-state index contributed by atoms with van der Waals surface area (Å²) in [7, 11) is 0. The molecule has 6 nitrogen and oxygen atoms in total. The van der Waals surface area contributed by atoms with Crippen molar-refractivity contribution in [2.45, 2.75) is 45.2 Å². The van der Waals surface area contributed by atoms with Gasteiger partial charge in [-0.15, -0.1) is 0 Å². The van der Waals surface area contributed by atoms with Gasteiger partial charge in [-0.05, 0) is 55.1 Å². The zero-order chi connectivity index (χ0) is 19.2. The van der Waals surface area contributed by atoms with Crippen molar-refractivity contribution in [3.8, 4) is 0 Å². The number of carbonyl (C=O) groups is 1. The Morgan fingerprint density at radius 3 is 3.04 bits per heavy atom. The van der Waals surface area contributed by atoms with Gasteiger partial charge in [0.25, 0.3) is 0 Å². The predicted octanol–water partition coefficient (Wildman–Crippen LogP) is 2.83. The van der Waals surface area contributed by atoms with Gasteiger partial charge < -0.3 is 21.1 Å². The van der Waals surface area contributed by atoms with Gasteiger partial charge in [-0.2, -0.15) is 0 Å². The Morgan fingerprint density at radius 1 is 1.41 bits per heavy atom. The first-order chi connectivity index (χ1) is 13.1. The lowest BCUT2D eigenvalue weighted by Crippen LogP contribution is -2.50. The van der Waals surface area contributed by atoms with Crippen LogP contribution in [-0.4, -0.2) is 41.2 Å². The van der Waals surface area contributed by atoms with Gasteiger partial charge in [0.05, 0.1) is 18.2 Å². The maximum absolute atomic E-state index is 10.9. The zero-order valence-corrected chi connectivity index (χ0v) is 16.0.